The molecular formula is C42H30N2. The molecule has 0 radical (unpaired) electrons. The van der Waals surface area contributed by atoms with Gasteiger partial charge in [-0.2, -0.15) is 0 Å². The second-order valence-electron chi connectivity index (χ2n) is 11.0. The lowest BCUT2D eigenvalue weighted by atomic mass is 9.93. The van der Waals surface area contributed by atoms with Gasteiger partial charge < -0.3 is 9.80 Å². The van der Waals surface area contributed by atoms with E-state index in [2.05, 4.69) is 192 Å². The van der Waals surface area contributed by atoms with Crippen LogP contribution >= 0.6 is 0 Å². The maximum atomic E-state index is 2.38. The van der Waals surface area contributed by atoms with Crippen LogP contribution in [0.1, 0.15) is 0 Å². The molecule has 0 heterocycles. The average Bonchev–Trinajstić information content (AvgIpc) is 3.10. The van der Waals surface area contributed by atoms with Crippen LogP contribution in [0.25, 0.3) is 32.3 Å². The van der Waals surface area contributed by atoms with Gasteiger partial charge in [0.15, 0.2) is 0 Å². The number of para-hydroxylation sites is 4. The molecule has 2 heteroatoms. The van der Waals surface area contributed by atoms with E-state index in [0.29, 0.717) is 0 Å². The van der Waals surface area contributed by atoms with E-state index in [9.17, 15) is 0 Å². The van der Waals surface area contributed by atoms with E-state index in [0.717, 1.165) is 34.1 Å². The van der Waals surface area contributed by atoms with Gasteiger partial charge in [-0.05, 0) is 82.2 Å². The third-order valence-electron chi connectivity index (χ3n) is 8.36. The Morgan fingerprint density at radius 1 is 0.273 bits per heavy atom. The minimum absolute atomic E-state index is 1.12. The lowest BCUT2D eigenvalue weighted by Crippen LogP contribution is -2.11. The predicted molar refractivity (Wildman–Crippen MR) is 188 cm³/mol. The Hall–Kier alpha value is -5.86. The van der Waals surface area contributed by atoms with Crippen LogP contribution in [0.4, 0.5) is 34.1 Å². The summed E-state index contributed by atoms with van der Waals surface area (Å²) in [4.78, 5) is 4.76. The molecule has 0 saturated carbocycles. The van der Waals surface area contributed by atoms with Crippen LogP contribution in [0.15, 0.2) is 182 Å². The molecule has 0 atom stereocenters. The summed E-state index contributed by atoms with van der Waals surface area (Å²) in [5, 5.41) is 7.38. The molecule has 0 spiro atoms. The van der Waals surface area contributed by atoms with Crippen LogP contribution in [-0.2, 0) is 0 Å². The van der Waals surface area contributed by atoms with E-state index >= 15 is 0 Å². The normalized spacial score (nSPS) is 11.2. The molecule has 208 valence electrons. The third kappa shape index (κ3) is 4.45. The Labute approximate surface area is 257 Å². The van der Waals surface area contributed by atoms with Crippen molar-refractivity contribution in [2.75, 3.05) is 9.80 Å². The molecule has 0 fully saturated rings. The van der Waals surface area contributed by atoms with Gasteiger partial charge in [0.2, 0.25) is 0 Å². The summed E-state index contributed by atoms with van der Waals surface area (Å²) in [5.74, 6) is 0. The van der Waals surface area contributed by atoms with E-state index < -0.39 is 0 Å². The number of anilines is 6. The Kier molecular flexibility index (Phi) is 6.51. The van der Waals surface area contributed by atoms with Gasteiger partial charge in [-0.1, -0.05) is 121 Å². The molecule has 0 saturated heterocycles. The van der Waals surface area contributed by atoms with Gasteiger partial charge in [0.1, 0.15) is 0 Å². The van der Waals surface area contributed by atoms with Crippen molar-refractivity contribution < 1.29 is 0 Å². The third-order valence-corrected chi connectivity index (χ3v) is 8.36. The number of nitrogens with zero attached hydrogens (tertiary/aromatic N) is 2. The van der Waals surface area contributed by atoms with Crippen molar-refractivity contribution in [3.05, 3.63) is 182 Å². The molecule has 0 N–H and O–H groups in total. The molecule has 2 nitrogen and oxygen atoms in total. The van der Waals surface area contributed by atoms with Crippen molar-refractivity contribution in [3.63, 3.8) is 0 Å². The smallest absolute Gasteiger partial charge is 0.0546 e. The van der Waals surface area contributed by atoms with E-state index in [1.54, 1.807) is 0 Å². The van der Waals surface area contributed by atoms with E-state index in [1.165, 1.54) is 32.3 Å². The summed E-state index contributed by atoms with van der Waals surface area (Å²) >= 11 is 0. The second-order valence-corrected chi connectivity index (χ2v) is 11.0. The summed E-state index contributed by atoms with van der Waals surface area (Å²) in [6, 6.07) is 65.1. The lowest BCUT2D eigenvalue weighted by molar-refractivity contribution is 1.30. The number of hydrogen-bond donors (Lipinski definition) is 0. The van der Waals surface area contributed by atoms with E-state index in [4.69, 9.17) is 0 Å². The molecule has 8 rings (SSSR count). The minimum atomic E-state index is 1.12. The molecule has 0 bridgehead atoms. The second kappa shape index (κ2) is 11.1. The van der Waals surface area contributed by atoms with Crippen LogP contribution in [0, 0.1) is 0 Å². The minimum Gasteiger partial charge on any atom is -0.310 e. The molecule has 0 aliphatic heterocycles. The lowest BCUT2D eigenvalue weighted by Gasteiger charge is -2.29. The highest BCUT2D eigenvalue weighted by atomic mass is 15.1. The van der Waals surface area contributed by atoms with Crippen molar-refractivity contribution in [2.24, 2.45) is 0 Å². The zero-order valence-corrected chi connectivity index (χ0v) is 24.2. The largest absolute Gasteiger partial charge is 0.310 e. The number of rotatable bonds is 6. The fourth-order valence-electron chi connectivity index (χ4n) is 6.47. The SMILES string of the molecule is c1ccc(N(c2ccccc2)c2cc3cc(N(c4ccccc4)c4ccccc4)c4ccccc4c3c3ccccc23)cc1. The molecule has 0 aromatic heterocycles. The van der Waals surface area contributed by atoms with Gasteiger partial charge in [-0.15, -0.1) is 0 Å². The summed E-state index contributed by atoms with van der Waals surface area (Å²) in [6.45, 7) is 0. The quantitative estimate of drug-likeness (QED) is 0.186. The monoisotopic (exact) mass is 562 g/mol. The van der Waals surface area contributed by atoms with Gasteiger partial charge in [0, 0.05) is 33.5 Å². The van der Waals surface area contributed by atoms with Gasteiger partial charge in [0.05, 0.1) is 11.4 Å². The first-order valence-electron chi connectivity index (χ1n) is 15.0. The van der Waals surface area contributed by atoms with E-state index in [-0.39, 0.29) is 0 Å². The molecule has 0 aliphatic carbocycles. The first-order chi connectivity index (χ1) is 21.9. The van der Waals surface area contributed by atoms with Crippen molar-refractivity contribution in [1.82, 2.24) is 0 Å². The Bertz CT molecular complexity index is 1970. The molecule has 8 aromatic rings. The Balaban J connectivity index is 1.49. The van der Waals surface area contributed by atoms with Gasteiger partial charge in [0.25, 0.3) is 0 Å². The zero-order valence-electron chi connectivity index (χ0n) is 24.2. The van der Waals surface area contributed by atoms with Crippen molar-refractivity contribution in [3.8, 4) is 0 Å². The topological polar surface area (TPSA) is 6.48 Å². The first-order valence-corrected chi connectivity index (χ1v) is 15.0. The van der Waals surface area contributed by atoms with Crippen LogP contribution in [-0.4, -0.2) is 0 Å². The molecule has 44 heavy (non-hydrogen) atoms. The predicted octanol–water partition coefficient (Wildman–Crippen LogP) is 12.1. The fraction of sp³-hybridized carbons (Fsp3) is 0. The molecule has 8 aromatic carbocycles. The summed E-state index contributed by atoms with van der Waals surface area (Å²) < 4.78 is 0. The number of benzene rings is 8. The fourth-order valence-corrected chi connectivity index (χ4v) is 6.47. The van der Waals surface area contributed by atoms with Gasteiger partial charge in [-0.3, -0.25) is 0 Å². The average molecular weight is 563 g/mol. The van der Waals surface area contributed by atoms with Crippen LogP contribution in [0.5, 0.6) is 0 Å². The Morgan fingerprint density at radius 3 is 0.864 bits per heavy atom. The number of hydrogen-bond acceptors (Lipinski definition) is 2. The van der Waals surface area contributed by atoms with E-state index in [1.807, 2.05) is 0 Å². The summed E-state index contributed by atoms with van der Waals surface area (Å²) in [6.07, 6.45) is 0. The maximum Gasteiger partial charge on any atom is 0.0546 e. The van der Waals surface area contributed by atoms with Crippen molar-refractivity contribution in [2.45, 2.75) is 0 Å². The zero-order chi connectivity index (χ0) is 29.3. The van der Waals surface area contributed by atoms with Crippen molar-refractivity contribution >= 4 is 66.4 Å². The maximum absolute atomic E-state index is 2.38. The highest BCUT2D eigenvalue weighted by Crippen LogP contribution is 2.47. The first kappa shape index (κ1) is 25.8. The molecule has 0 aliphatic rings. The Morgan fingerprint density at radius 2 is 0.545 bits per heavy atom. The number of fused-ring (bicyclic) bond motifs is 5. The summed E-state index contributed by atoms with van der Waals surface area (Å²) in [7, 11) is 0. The van der Waals surface area contributed by atoms with Crippen molar-refractivity contribution in [1.29, 1.82) is 0 Å². The summed E-state index contributed by atoms with van der Waals surface area (Å²) in [5.41, 5.74) is 6.80. The standard InChI is InChI=1S/C42H30N2/c1-5-17-32(18-6-1)43(33-19-7-2-8-20-33)40-29-31-30-41(44(34-21-9-3-10-22-34)35-23-11-4-12-24-35)37-26-14-16-28-39(37)42(31)38-27-15-13-25-36(38)40/h1-30H. The molecular weight excluding hydrogens is 532 g/mol. The highest BCUT2D eigenvalue weighted by Gasteiger charge is 2.21. The molecule has 0 unspecified atom stereocenters. The molecule has 0 amide bonds. The van der Waals surface area contributed by atoms with Crippen LogP contribution in [0.3, 0.4) is 0 Å². The van der Waals surface area contributed by atoms with Crippen LogP contribution < -0.4 is 9.80 Å². The van der Waals surface area contributed by atoms with Gasteiger partial charge in [-0.25, -0.2) is 0 Å². The van der Waals surface area contributed by atoms with Gasteiger partial charge >= 0.3 is 0 Å². The highest BCUT2D eigenvalue weighted by molar-refractivity contribution is 6.26. The van der Waals surface area contributed by atoms with Crippen LogP contribution in [0.2, 0.25) is 0 Å².